The van der Waals surface area contributed by atoms with E-state index in [1.54, 1.807) is 30.2 Å². The maximum absolute atomic E-state index is 13.2. The number of piperidine rings is 1. The molecule has 0 saturated carbocycles. The number of carbonyl (C=O) groups excluding carboxylic acids is 2. The van der Waals surface area contributed by atoms with Gasteiger partial charge in [0.1, 0.15) is 12.0 Å². The predicted molar refractivity (Wildman–Crippen MR) is 110 cm³/mol. The molecular weight excluding hydrogens is 392 g/mol. The van der Waals surface area contributed by atoms with Gasteiger partial charge < -0.3 is 19.9 Å². The highest BCUT2D eigenvalue weighted by molar-refractivity contribution is 6.30. The maximum atomic E-state index is 13.2. The normalized spacial score (nSPS) is 19.2. The highest BCUT2D eigenvalue weighted by atomic mass is 35.5. The average Bonchev–Trinajstić information content (AvgIpc) is 3.02. The first-order valence-corrected chi connectivity index (χ1v) is 10.2. The third-order valence-corrected chi connectivity index (χ3v) is 5.62. The minimum Gasteiger partial charge on any atom is -0.450 e. The first kappa shape index (κ1) is 19.5. The molecule has 1 saturated heterocycles. The Labute approximate surface area is 174 Å². The van der Waals surface area contributed by atoms with Crippen molar-refractivity contribution in [2.75, 3.05) is 25.0 Å². The number of hydrogen-bond donors (Lipinski definition) is 1. The number of nitrogens with zero attached hydrogens (tertiary/aromatic N) is 3. The second kappa shape index (κ2) is 8.29. The summed E-state index contributed by atoms with van der Waals surface area (Å²) in [4.78, 5) is 33.1. The number of fused-ring (bicyclic) bond motifs is 1. The van der Waals surface area contributed by atoms with Gasteiger partial charge in [0, 0.05) is 36.5 Å². The van der Waals surface area contributed by atoms with Gasteiger partial charge in [-0.2, -0.15) is 0 Å². The lowest BCUT2D eigenvalue weighted by molar-refractivity contribution is 0.0496. The molecule has 1 aromatic carbocycles. The van der Waals surface area contributed by atoms with Crippen LogP contribution in [0, 0.1) is 0 Å². The van der Waals surface area contributed by atoms with Gasteiger partial charge in [0.25, 0.3) is 5.91 Å². The van der Waals surface area contributed by atoms with Crippen molar-refractivity contribution in [2.45, 2.75) is 32.0 Å². The van der Waals surface area contributed by atoms with Crippen LogP contribution in [0.25, 0.3) is 0 Å². The standard InChI is InChI=1S/C21H23ClN4O3/c1-2-29-21(28)25-11-9-15(10-12-25)26-19(24-18-8-7-14(22)13-23-18)16-5-3-4-6-17(16)20(26)27/h3-8,13,15,19H,2,9-12H2,1H3,(H,23,24)/t19-/m1/s1. The molecule has 8 heteroatoms. The van der Waals surface area contributed by atoms with Crippen molar-refractivity contribution in [3.63, 3.8) is 0 Å². The molecule has 2 aromatic rings. The Kier molecular flexibility index (Phi) is 5.58. The Morgan fingerprint density at radius 2 is 2.00 bits per heavy atom. The zero-order chi connectivity index (χ0) is 20.4. The van der Waals surface area contributed by atoms with E-state index in [0.717, 1.165) is 5.56 Å². The minimum absolute atomic E-state index is 0.00153. The Bertz CT molecular complexity index is 897. The molecule has 1 atom stereocenters. The third kappa shape index (κ3) is 3.87. The molecule has 0 radical (unpaired) electrons. The zero-order valence-corrected chi connectivity index (χ0v) is 16.9. The van der Waals surface area contributed by atoms with E-state index in [-0.39, 0.29) is 24.2 Å². The number of halogens is 1. The first-order valence-electron chi connectivity index (χ1n) is 9.80. The maximum Gasteiger partial charge on any atom is 0.409 e. The highest BCUT2D eigenvalue weighted by Gasteiger charge is 2.42. The van der Waals surface area contributed by atoms with Crippen molar-refractivity contribution in [2.24, 2.45) is 0 Å². The molecule has 1 aromatic heterocycles. The average molecular weight is 415 g/mol. The van der Waals surface area contributed by atoms with Crippen molar-refractivity contribution in [3.05, 3.63) is 58.7 Å². The fourth-order valence-corrected chi connectivity index (χ4v) is 4.11. The molecule has 4 rings (SSSR count). The Morgan fingerprint density at radius 3 is 2.69 bits per heavy atom. The second-order valence-electron chi connectivity index (χ2n) is 7.13. The summed E-state index contributed by atoms with van der Waals surface area (Å²) < 4.78 is 5.10. The first-order chi connectivity index (χ1) is 14.1. The van der Waals surface area contributed by atoms with E-state index in [2.05, 4.69) is 10.3 Å². The van der Waals surface area contributed by atoms with Crippen molar-refractivity contribution < 1.29 is 14.3 Å². The molecule has 2 amide bonds. The number of aromatic nitrogens is 1. The van der Waals surface area contributed by atoms with Crippen molar-refractivity contribution in [3.8, 4) is 0 Å². The molecule has 0 spiro atoms. The van der Waals surface area contributed by atoms with Gasteiger partial charge in [-0.1, -0.05) is 29.8 Å². The fraction of sp³-hybridized carbons (Fsp3) is 0.381. The topological polar surface area (TPSA) is 74.8 Å². The van der Waals surface area contributed by atoms with Gasteiger partial charge in [0.2, 0.25) is 0 Å². The van der Waals surface area contributed by atoms with Gasteiger partial charge in [0.05, 0.1) is 11.6 Å². The van der Waals surface area contributed by atoms with Gasteiger partial charge in [-0.15, -0.1) is 0 Å². The van der Waals surface area contributed by atoms with Crippen LogP contribution < -0.4 is 5.32 Å². The molecule has 7 nitrogen and oxygen atoms in total. The summed E-state index contributed by atoms with van der Waals surface area (Å²) in [6.07, 6.45) is 2.37. The van der Waals surface area contributed by atoms with Gasteiger partial charge in [0.15, 0.2) is 0 Å². The Balaban J connectivity index is 1.55. The number of hydrogen-bond acceptors (Lipinski definition) is 5. The SMILES string of the molecule is CCOC(=O)N1CCC(N2C(=O)c3ccccc3[C@@H]2Nc2ccc(Cl)cn2)CC1. The van der Waals surface area contributed by atoms with Crippen LogP contribution in [-0.4, -0.2) is 52.5 Å². The molecule has 2 aliphatic rings. The van der Waals surface area contributed by atoms with Gasteiger partial charge in [-0.05, 0) is 38.0 Å². The molecular formula is C21H23ClN4O3. The molecule has 29 heavy (non-hydrogen) atoms. The highest BCUT2D eigenvalue weighted by Crippen LogP contribution is 2.37. The summed E-state index contributed by atoms with van der Waals surface area (Å²) in [7, 11) is 0. The van der Waals surface area contributed by atoms with Gasteiger partial charge in [-0.3, -0.25) is 4.79 Å². The van der Waals surface area contributed by atoms with E-state index >= 15 is 0 Å². The van der Waals surface area contributed by atoms with E-state index < -0.39 is 0 Å². The van der Waals surface area contributed by atoms with Crippen molar-refractivity contribution >= 4 is 29.4 Å². The predicted octanol–water partition coefficient (Wildman–Crippen LogP) is 3.92. The van der Waals surface area contributed by atoms with Crippen LogP contribution in [0.4, 0.5) is 10.6 Å². The number of amides is 2. The third-order valence-electron chi connectivity index (χ3n) is 5.39. The van der Waals surface area contributed by atoms with E-state index in [9.17, 15) is 9.59 Å². The number of nitrogens with one attached hydrogen (secondary N) is 1. The molecule has 152 valence electrons. The van der Waals surface area contributed by atoms with Crippen molar-refractivity contribution in [1.29, 1.82) is 0 Å². The van der Waals surface area contributed by atoms with Crippen LogP contribution in [0.3, 0.4) is 0 Å². The van der Waals surface area contributed by atoms with Gasteiger partial charge >= 0.3 is 6.09 Å². The number of rotatable bonds is 4. The quantitative estimate of drug-likeness (QED) is 0.820. The number of benzene rings is 1. The van der Waals surface area contributed by atoms with E-state index in [4.69, 9.17) is 16.3 Å². The molecule has 0 bridgehead atoms. The summed E-state index contributed by atoms with van der Waals surface area (Å²) in [5.41, 5.74) is 1.63. The molecule has 0 unspecified atom stereocenters. The number of pyridine rings is 1. The lowest BCUT2D eigenvalue weighted by atomic mass is 10.0. The Hall–Kier alpha value is -2.80. The number of anilines is 1. The minimum atomic E-state index is -0.313. The van der Waals surface area contributed by atoms with Crippen LogP contribution in [0.1, 0.15) is 41.9 Å². The summed E-state index contributed by atoms with van der Waals surface area (Å²) in [5, 5.41) is 3.94. The van der Waals surface area contributed by atoms with Crippen LogP contribution >= 0.6 is 11.6 Å². The second-order valence-corrected chi connectivity index (χ2v) is 7.56. The van der Waals surface area contributed by atoms with Crippen LogP contribution in [0.15, 0.2) is 42.6 Å². The monoisotopic (exact) mass is 414 g/mol. The lowest BCUT2D eigenvalue weighted by Crippen LogP contribution is -2.49. The van der Waals surface area contributed by atoms with E-state index in [1.807, 2.05) is 29.2 Å². The zero-order valence-electron chi connectivity index (χ0n) is 16.2. The molecule has 1 N–H and O–H groups in total. The number of carbonyl (C=O) groups is 2. The summed E-state index contributed by atoms with van der Waals surface area (Å²) in [5.74, 6) is 0.652. The summed E-state index contributed by atoms with van der Waals surface area (Å²) >= 11 is 5.95. The van der Waals surface area contributed by atoms with Gasteiger partial charge in [-0.25, -0.2) is 9.78 Å². The van der Waals surface area contributed by atoms with Crippen LogP contribution in [-0.2, 0) is 4.74 Å². The van der Waals surface area contributed by atoms with E-state index in [1.165, 1.54) is 0 Å². The van der Waals surface area contributed by atoms with E-state index in [0.29, 0.717) is 48.9 Å². The summed E-state index contributed by atoms with van der Waals surface area (Å²) in [6.45, 7) is 3.29. The smallest absolute Gasteiger partial charge is 0.409 e. The van der Waals surface area contributed by atoms with Crippen molar-refractivity contribution in [1.82, 2.24) is 14.8 Å². The Morgan fingerprint density at radius 1 is 1.24 bits per heavy atom. The molecule has 2 aliphatic heterocycles. The van der Waals surface area contributed by atoms with Crippen LogP contribution in [0.5, 0.6) is 0 Å². The summed E-state index contributed by atoms with van der Waals surface area (Å²) in [6, 6.07) is 11.2. The number of ether oxygens (including phenoxy) is 1. The van der Waals surface area contributed by atoms with Crippen LogP contribution in [0.2, 0.25) is 5.02 Å². The number of likely N-dealkylation sites (tertiary alicyclic amines) is 1. The fourth-order valence-electron chi connectivity index (χ4n) is 4.00. The lowest BCUT2D eigenvalue weighted by Gasteiger charge is -2.39. The molecule has 3 heterocycles. The largest absolute Gasteiger partial charge is 0.450 e. The molecule has 1 fully saturated rings. The molecule has 0 aliphatic carbocycles.